The van der Waals surface area contributed by atoms with Gasteiger partial charge in [-0.1, -0.05) is 29.3 Å². The summed E-state index contributed by atoms with van der Waals surface area (Å²) in [6.07, 6.45) is 3.19. The number of hydrogen-bond donors (Lipinski definition) is 1. The van der Waals surface area contributed by atoms with Crippen molar-refractivity contribution >= 4 is 23.2 Å². The zero-order chi connectivity index (χ0) is 10.8. The number of nitrogens with zero attached hydrogens (tertiary/aromatic N) is 2. The Hall–Kier alpha value is -1.03. The summed E-state index contributed by atoms with van der Waals surface area (Å²) >= 11 is 11.7. The summed E-state index contributed by atoms with van der Waals surface area (Å²) in [5.41, 5.74) is 1.37. The summed E-state index contributed by atoms with van der Waals surface area (Å²) in [4.78, 5) is 0. The topological polar surface area (TPSA) is 38.0 Å². The summed E-state index contributed by atoms with van der Waals surface area (Å²) in [6, 6.07) is 5.34. The molecule has 0 atom stereocenters. The molecule has 0 fully saturated rings. The summed E-state index contributed by atoms with van der Waals surface area (Å²) in [6.45, 7) is -0.132. The van der Waals surface area contributed by atoms with E-state index in [1.54, 1.807) is 23.0 Å². The van der Waals surface area contributed by atoms with E-state index in [-0.39, 0.29) is 6.61 Å². The van der Waals surface area contributed by atoms with Crippen molar-refractivity contribution in [2.75, 3.05) is 0 Å². The quantitative estimate of drug-likeness (QED) is 0.880. The van der Waals surface area contributed by atoms with Gasteiger partial charge in [0.2, 0.25) is 0 Å². The van der Waals surface area contributed by atoms with Crippen LogP contribution in [0.25, 0.3) is 5.69 Å². The van der Waals surface area contributed by atoms with Gasteiger partial charge >= 0.3 is 0 Å². The maximum Gasteiger partial charge on any atom is 0.0790 e. The molecule has 0 unspecified atom stereocenters. The molecule has 1 aromatic heterocycles. The van der Waals surface area contributed by atoms with E-state index in [2.05, 4.69) is 5.10 Å². The van der Waals surface area contributed by atoms with Crippen molar-refractivity contribution in [3.05, 3.63) is 46.2 Å². The van der Waals surface area contributed by atoms with Crippen molar-refractivity contribution in [1.29, 1.82) is 0 Å². The van der Waals surface area contributed by atoms with Gasteiger partial charge in [-0.3, -0.25) is 0 Å². The first-order chi connectivity index (χ1) is 7.22. The molecule has 15 heavy (non-hydrogen) atoms. The summed E-state index contributed by atoms with van der Waals surface area (Å²) in [5, 5.41) is 14.3. The average molecular weight is 243 g/mol. The zero-order valence-corrected chi connectivity index (χ0v) is 9.20. The summed E-state index contributed by atoms with van der Waals surface area (Å²) in [7, 11) is 0. The number of aliphatic hydroxyl groups excluding tert-OH is 1. The molecule has 0 spiro atoms. The molecular weight excluding hydrogens is 235 g/mol. The second-order valence-corrected chi connectivity index (χ2v) is 3.84. The Bertz CT molecular complexity index is 482. The molecule has 0 aliphatic carbocycles. The number of aliphatic hydroxyl groups is 1. The molecule has 0 radical (unpaired) electrons. The van der Waals surface area contributed by atoms with Gasteiger partial charge in [0, 0.05) is 16.8 Å². The largest absolute Gasteiger partial charge is 0.392 e. The van der Waals surface area contributed by atoms with Crippen LogP contribution in [-0.2, 0) is 6.61 Å². The van der Waals surface area contributed by atoms with Gasteiger partial charge in [0.25, 0.3) is 0 Å². The zero-order valence-electron chi connectivity index (χ0n) is 7.69. The van der Waals surface area contributed by atoms with E-state index in [9.17, 15) is 5.11 Å². The van der Waals surface area contributed by atoms with Gasteiger partial charge in [-0.15, -0.1) is 0 Å². The first kappa shape index (κ1) is 10.5. The van der Waals surface area contributed by atoms with Gasteiger partial charge in [-0.05, 0) is 12.1 Å². The van der Waals surface area contributed by atoms with Crippen LogP contribution in [0.1, 0.15) is 5.56 Å². The Morgan fingerprint density at radius 3 is 2.73 bits per heavy atom. The van der Waals surface area contributed by atoms with Crippen molar-refractivity contribution in [1.82, 2.24) is 9.78 Å². The van der Waals surface area contributed by atoms with Crippen molar-refractivity contribution < 1.29 is 5.11 Å². The molecule has 0 saturated carbocycles. The Balaban J connectivity index is 2.57. The lowest BCUT2D eigenvalue weighted by Crippen LogP contribution is -2.00. The van der Waals surface area contributed by atoms with Gasteiger partial charge in [-0.25, -0.2) is 4.68 Å². The first-order valence-corrected chi connectivity index (χ1v) is 5.07. The molecule has 5 heteroatoms. The highest BCUT2D eigenvalue weighted by Gasteiger charge is 2.08. The number of aromatic nitrogens is 2. The molecule has 0 aliphatic heterocycles. The maximum atomic E-state index is 9.21. The van der Waals surface area contributed by atoms with Crippen LogP contribution in [0.15, 0.2) is 30.6 Å². The summed E-state index contributed by atoms with van der Waals surface area (Å²) in [5.74, 6) is 0. The van der Waals surface area contributed by atoms with Gasteiger partial charge in [0.15, 0.2) is 0 Å². The SMILES string of the molecule is OCc1c(Cl)cccc1-n1cc(Cl)cn1. The van der Waals surface area contributed by atoms with E-state index in [0.717, 1.165) is 5.69 Å². The summed E-state index contributed by atoms with van der Waals surface area (Å²) < 4.78 is 1.58. The third-order valence-electron chi connectivity index (χ3n) is 2.05. The normalized spacial score (nSPS) is 10.6. The van der Waals surface area contributed by atoms with E-state index in [4.69, 9.17) is 23.2 Å². The third kappa shape index (κ3) is 2.00. The molecule has 0 amide bonds. The fourth-order valence-electron chi connectivity index (χ4n) is 1.35. The standard InChI is InChI=1S/C10H8Cl2N2O/c11-7-4-13-14(5-7)10-3-1-2-9(12)8(10)6-15/h1-5,15H,6H2. The van der Waals surface area contributed by atoms with Gasteiger partial charge in [0.1, 0.15) is 0 Å². The number of benzene rings is 1. The highest BCUT2D eigenvalue weighted by molar-refractivity contribution is 6.31. The molecule has 0 saturated heterocycles. The van der Waals surface area contributed by atoms with Crippen LogP contribution in [0.2, 0.25) is 10.0 Å². The minimum Gasteiger partial charge on any atom is -0.392 e. The second kappa shape index (κ2) is 4.23. The predicted octanol–water partition coefficient (Wildman–Crippen LogP) is 2.67. The van der Waals surface area contributed by atoms with Crippen LogP contribution in [0.3, 0.4) is 0 Å². The second-order valence-electron chi connectivity index (χ2n) is 3.00. The maximum absolute atomic E-state index is 9.21. The van der Waals surface area contributed by atoms with E-state index < -0.39 is 0 Å². The van der Waals surface area contributed by atoms with Crippen molar-refractivity contribution in [2.24, 2.45) is 0 Å². The van der Waals surface area contributed by atoms with E-state index >= 15 is 0 Å². The lowest BCUT2D eigenvalue weighted by Gasteiger charge is -2.08. The molecule has 3 nitrogen and oxygen atoms in total. The highest BCUT2D eigenvalue weighted by Crippen LogP contribution is 2.23. The van der Waals surface area contributed by atoms with Crippen LogP contribution in [0, 0.1) is 0 Å². The lowest BCUT2D eigenvalue weighted by molar-refractivity contribution is 0.281. The minimum atomic E-state index is -0.132. The Kier molecular flexibility index (Phi) is 2.95. The van der Waals surface area contributed by atoms with Gasteiger partial charge < -0.3 is 5.11 Å². The van der Waals surface area contributed by atoms with Gasteiger partial charge in [-0.2, -0.15) is 5.10 Å². The first-order valence-electron chi connectivity index (χ1n) is 4.31. The van der Waals surface area contributed by atoms with E-state index in [0.29, 0.717) is 15.6 Å². The lowest BCUT2D eigenvalue weighted by atomic mass is 10.2. The molecule has 1 aromatic carbocycles. The molecular formula is C10H8Cl2N2O. The fraction of sp³-hybridized carbons (Fsp3) is 0.100. The predicted molar refractivity (Wildman–Crippen MR) is 59.5 cm³/mol. The third-order valence-corrected chi connectivity index (χ3v) is 2.60. The van der Waals surface area contributed by atoms with Crippen molar-refractivity contribution in [2.45, 2.75) is 6.61 Å². The van der Waals surface area contributed by atoms with Crippen molar-refractivity contribution in [3.63, 3.8) is 0 Å². The van der Waals surface area contributed by atoms with Crippen LogP contribution < -0.4 is 0 Å². The number of rotatable bonds is 2. The molecule has 0 bridgehead atoms. The van der Waals surface area contributed by atoms with Crippen molar-refractivity contribution in [3.8, 4) is 5.69 Å². The molecule has 1 N–H and O–H groups in total. The molecule has 0 aliphatic rings. The monoisotopic (exact) mass is 242 g/mol. The van der Waals surface area contributed by atoms with Crippen LogP contribution in [-0.4, -0.2) is 14.9 Å². The smallest absolute Gasteiger partial charge is 0.0790 e. The number of halogens is 2. The van der Waals surface area contributed by atoms with Crippen LogP contribution in [0.5, 0.6) is 0 Å². The Morgan fingerprint density at radius 2 is 2.13 bits per heavy atom. The average Bonchev–Trinajstić information content (AvgIpc) is 2.64. The molecule has 2 rings (SSSR count). The Morgan fingerprint density at radius 1 is 1.33 bits per heavy atom. The van der Waals surface area contributed by atoms with Crippen LogP contribution >= 0.6 is 23.2 Å². The Labute approximate surface area is 96.9 Å². The molecule has 2 aromatic rings. The molecule has 78 valence electrons. The fourth-order valence-corrected chi connectivity index (χ4v) is 1.72. The minimum absolute atomic E-state index is 0.132. The van der Waals surface area contributed by atoms with E-state index in [1.165, 1.54) is 6.20 Å². The number of hydrogen-bond acceptors (Lipinski definition) is 2. The highest BCUT2D eigenvalue weighted by atomic mass is 35.5. The molecule has 1 heterocycles. The van der Waals surface area contributed by atoms with E-state index in [1.807, 2.05) is 6.07 Å². The van der Waals surface area contributed by atoms with Crippen LogP contribution in [0.4, 0.5) is 0 Å². The van der Waals surface area contributed by atoms with Gasteiger partial charge in [0.05, 0.1) is 23.5 Å².